The summed E-state index contributed by atoms with van der Waals surface area (Å²) in [5.41, 5.74) is 18.3. The molecule has 0 spiro atoms. The summed E-state index contributed by atoms with van der Waals surface area (Å²) in [6.45, 7) is 19.1. The van der Waals surface area contributed by atoms with E-state index in [1.165, 1.54) is 66.8 Å². The number of hydrogen-bond acceptors (Lipinski definition) is 0. The van der Waals surface area contributed by atoms with Crippen molar-refractivity contribution < 1.29 is 0 Å². The Kier molecular flexibility index (Phi) is 7.06. The van der Waals surface area contributed by atoms with E-state index in [1.807, 2.05) is 0 Å². The monoisotopic (exact) mass is 552 g/mol. The lowest BCUT2D eigenvalue weighted by atomic mass is 9.91. The van der Waals surface area contributed by atoms with Crippen LogP contribution in [0.5, 0.6) is 0 Å². The molecule has 0 saturated carbocycles. The van der Waals surface area contributed by atoms with E-state index in [4.69, 9.17) is 0 Å². The smallest absolute Gasteiger partial charge is 0.0704 e. The summed E-state index contributed by atoms with van der Waals surface area (Å²) < 4.78 is 0. The fraction of sp³-hybridized carbons (Fsp3) is 0.300. The molecule has 0 aliphatic heterocycles. The van der Waals surface area contributed by atoms with Crippen molar-refractivity contribution in [3.8, 4) is 22.3 Å². The molecule has 4 aromatic rings. The van der Waals surface area contributed by atoms with Crippen LogP contribution in [-0.4, -0.2) is 8.07 Å². The van der Waals surface area contributed by atoms with Crippen molar-refractivity contribution >= 4 is 20.2 Å². The molecule has 2 aliphatic rings. The van der Waals surface area contributed by atoms with Crippen molar-refractivity contribution in [3.05, 3.63) is 128 Å². The summed E-state index contributed by atoms with van der Waals surface area (Å²) in [4.78, 5) is 0. The third kappa shape index (κ3) is 4.32. The number of aryl methyl sites for hydroxylation is 4. The average molecular weight is 553 g/mol. The molecule has 1 heteroatoms. The average Bonchev–Trinajstić information content (AvgIpc) is 3.54. The SMILES string of the molecule is Cc1cccc(C)c1-c1cccc2c1C=C([Si](C1=Cc3c(cccc3-c3c(C)cccc3C)C1)(C(C)C)C(C)C)C2. The molecule has 0 bridgehead atoms. The van der Waals surface area contributed by atoms with Crippen LogP contribution in [0.3, 0.4) is 0 Å². The predicted octanol–water partition coefficient (Wildman–Crippen LogP) is 11.2. The first-order chi connectivity index (χ1) is 19.6. The van der Waals surface area contributed by atoms with E-state index in [9.17, 15) is 0 Å². The van der Waals surface area contributed by atoms with E-state index in [2.05, 4.69) is 140 Å². The van der Waals surface area contributed by atoms with Gasteiger partial charge in [-0.2, -0.15) is 0 Å². The molecule has 0 aromatic heterocycles. The number of allylic oxidation sites excluding steroid dienone is 2. The maximum absolute atomic E-state index is 2.65. The topological polar surface area (TPSA) is 0 Å². The molecule has 208 valence electrons. The number of hydrogen-bond donors (Lipinski definition) is 0. The maximum Gasteiger partial charge on any atom is 0.114 e. The zero-order chi connectivity index (χ0) is 29.1. The van der Waals surface area contributed by atoms with Crippen LogP contribution in [0.15, 0.2) is 83.2 Å². The minimum Gasteiger partial charge on any atom is -0.0704 e. The first-order valence-corrected chi connectivity index (χ1v) is 17.6. The molecule has 0 N–H and O–H groups in total. The van der Waals surface area contributed by atoms with Gasteiger partial charge in [-0.25, -0.2) is 0 Å². The molecule has 6 rings (SSSR count). The van der Waals surface area contributed by atoms with Gasteiger partial charge in [-0.05, 0) is 118 Å². The quantitative estimate of drug-likeness (QED) is 0.209. The molecular weight excluding hydrogens is 509 g/mol. The summed E-state index contributed by atoms with van der Waals surface area (Å²) >= 11 is 0. The van der Waals surface area contributed by atoms with Crippen LogP contribution in [0.4, 0.5) is 0 Å². The Bertz CT molecular complexity index is 1560. The maximum atomic E-state index is 2.65. The summed E-state index contributed by atoms with van der Waals surface area (Å²) in [6, 6.07) is 27.4. The Labute approximate surface area is 248 Å². The lowest BCUT2D eigenvalue weighted by Crippen LogP contribution is -2.46. The van der Waals surface area contributed by atoms with Gasteiger partial charge in [0.05, 0.1) is 0 Å². The van der Waals surface area contributed by atoms with E-state index < -0.39 is 8.07 Å². The largest absolute Gasteiger partial charge is 0.114 e. The van der Waals surface area contributed by atoms with E-state index in [1.54, 1.807) is 10.4 Å². The van der Waals surface area contributed by atoms with Gasteiger partial charge >= 0.3 is 0 Å². The van der Waals surface area contributed by atoms with Crippen molar-refractivity contribution in [1.82, 2.24) is 0 Å². The minimum atomic E-state index is -2.06. The molecule has 0 unspecified atom stereocenters. The fourth-order valence-electron chi connectivity index (χ4n) is 8.54. The lowest BCUT2D eigenvalue weighted by Gasteiger charge is -2.42. The zero-order valence-electron chi connectivity index (χ0n) is 26.2. The van der Waals surface area contributed by atoms with Gasteiger partial charge in [0.25, 0.3) is 0 Å². The summed E-state index contributed by atoms with van der Waals surface area (Å²) in [7, 11) is -2.06. The van der Waals surface area contributed by atoms with Crippen LogP contribution in [-0.2, 0) is 12.8 Å². The lowest BCUT2D eigenvalue weighted by molar-refractivity contribution is 0.896. The van der Waals surface area contributed by atoms with Gasteiger partial charge in [-0.3, -0.25) is 0 Å². The fourth-order valence-corrected chi connectivity index (χ4v) is 15.0. The van der Waals surface area contributed by atoms with Crippen molar-refractivity contribution in [2.45, 2.75) is 79.3 Å². The Morgan fingerprint density at radius 1 is 0.488 bits per heavy atom. The number of benzene rings is 4. The second-order valence-corrected chi connectivity index (χ2v) is 18.5. The zero-order valence-corrected chi connectivity index (χ0v) is 27.2. The Balaban J connectivity index is 1.52. The molecule has 0 radical (unpaired) electrons. The highest BCUT2D eigenvalue weighted by atomic mass is 28.3. The summed E-state index contributed by atoms with van der Waals surface area (Å²) in [6.07, 6.45) is 7.49. The van der Waals surface area contributed by atoms with E-state index >= 15 is 0 Å². The minimum absolute atomic E-state index is 0.621. The molecular formula is C40H44Si. The second kappa shape index (κ2) is 10.4. The standard InChI is InChI=1S/C40H44Si/c1-25(2)41(26(3)4,33-21-31-17-11-19-35(37(31)23-33)39-27(5)13-9-14-28(39)6)34-22-32-18-12-20-36(38(32)24-34)40-29(7)15-10-16-30(40)8/h9-20,23-26H,21-22H2,1-8H3. The van der Waals surface area contributed by atoms with Crippen molar-refractivity contribution in [1.29, 1.82) is 0 Å². The van der Waals surface area contributed by atoms with Gasteiger partial charge in [-0.1, -0.05) is 123 Å². The molecule has 0 fully saturated rings. The first-order valence-electron chi connectivity index (χ1n) is 15.4. The molecule has 41 heavy (non-hydrogen) atoms. The third-order valence-electron chi connectivity index (χ3n) is 10.2. The molecule has 0 heterocycles. The third-order valence-corrected chi connectivity index (χ3v) is 16.6. The van der Waals surface area contributed by atoms with Gasteiger partial charge in [0, 0.05) is 0 Å². The molecule has 0 nitrogen and oxygen atoms in total. The molecule has 4 aromatic carbocycles. The van der Waals surface area contributed by atoms with E-state index in [0.717, 1.165) is 12.8 Å². The molecule has 0 atom stereocenters. The van der Waals surface area contributed by atoms with Gasteiger partial charge in [0.1, 0.15) is 8.07 Å². The van der Waals surface area contributed by atoms with Crippen molar-refractivity contribution in [2.75, 3.05) is 0 Å². The highest BCUT2D eigenvalue weighted by molar-refractivity contribution is 6.96. The second-order valence-electron chi connectivity index (χ2n) is 13.2. The molecule has 0 saturated heterocycles. The normalized spacial score (nSPS) is 14.4. The Hall–Kier alpha value is -3.42. The summed E-state index contributed by atoms with van der Waals surface area (Å²) in [5, 5.41) is 3.45. The highest BCUT2D eigenvalue weighted by Crippen LogP contribution is 2.52. The van der Waals surface area contributed by atoms with E-state index in [-0.39, 0.29) is 0 Å². The van der Waals surface area contributed by atoms with Crippen LogP contribution < -0.4 is 0 Å². The molecule has 2 aliphatic carbocycles. The Morgan fingerprint density at radius 3 is 1.17 bits per heavy atom. The number of rotatable bonds is 6. The predicted molar refractivity (Wildman–Crippen MR) is 182 cm³/mol. The van der Waals surface area contributed by atoms with Crippen LogP contribution in [0.2, 0.25) is 11.1 Å². The first kappa shape index (κ1) is 27.7. The van der Waals surface area contributed by atoms with Crippen LogP contribution in [0, 0.1) is 27.7 Å². The van der Waals surface area contributed by atoms with Gasteiger partial charge in [-0.15, -0.1) is 0 Å². The van der Waals surface area contributed by atoms with Gasteiger partial charge in [0.15, 0.2) is 0 Å². The van der Waals surface area contributed by atoms with Gasteiger partial charge in [0.2, 0.25) is 0 Å². The van der Waals surface area contributed by atoms with Crippen LogP contribution in [0.1, 0.15) is 72.2 Å². The number of fused-ring (bicyclic) bond motifs is 2. The van der Waals surface area contributed by atoms with Crippen molar-refractivity contribution in [3.63, 3.8) is 0 Å². The van der Waals surface area contributed by atoms with Crippen molar-refractivity contribution in [2.24, 2.45) is 0 Å². The van der Waals surface area contributed by atoms with Gasteiger partial charge < -0.3 is 0 Å². The summed E-state index contributed by atoms with van der Waals surface area (Å²) in [5.74, 6) is 0. The van der Waals surface area contributed by atoms with Crippen LogP contribution >= 0.6 is 0 Å². The van der Waals surface area contributed by atoms with E-state index in [0.29, 0.717) is 11.1 Å². The Morgan fingerprint density at radius 2 is 0.829 bits per heavy atom. The molecule has 0 amide bonds. The van der Waals surface area contributed by atoms with Crippen LogP contribution in [0.25, 0.3) is 34.4 Å². The highest BCUT2D eigenvalue weighted by Gasteiger charge is 2.48.